The lowest BCUT2D eigenvalue weighted by molar-refractivity contribution is -0.121. The van der Waals surface area contributed by atoms with Crippen molar-refractivity contribution in [1.29, 1.82) is 0 Å². The first kappa shape index (κ1) is 21.3. The Labute approximate surface area is 189 Å². The molecule has 1 saturated carbocycles. The Hall–Kier alpha value is -3.56. The van der Waals surface area contributed by atoms with Crippen molar-refractivity contribution in [3.63, 3.8) is 0 Å². The smallest absolute Gasteiger partial charge is 0.256 e. The molecule has 8 nitrogen and oxygen atoms in total. The number of hydrogen-bond acceptors (Lipinski definition) is 5. The lowest BCUT2D eigenvalue weighted by Gasteiger charge is -2.45. The average molecular weight is 453 g/mol. The quantitative estimate of drug-likeness (QED) is 0.464. The van der Waals surface area contributed by atoms with Gasteiger partial charge in [0.1, 0.15) is 5.82 Å². The maximum absolute atomic E-state index is 13.1. The summed E-state index contributed by atoms with van der Waals surface area (Å²) < 4.78 is 29.4. The zero-order chi connectivity index (χ0) is 23.3. The summed E-state index contributed by atoms with van der Waals surface area (Å²) >= 11 is 0. The molecule has 1 aliphatic carbocycles. The van der Waals surface area contributed by atoms with Gasteiger partial charge in [0.2, 0.25) is 11.9 Å². The molecule has 3 aromatic heterocycles. The Kier molecular flexibility index (Phi) is 5.02. The van der Waals surface area contributed by atoms with Crippen LogP contribution < -0.4 is 10.6 Å². The Balaban J connectivity index is 1.39. The molecule has 0 bridgehead atoms. The van der Waals surface area contributed by atoms with E-state index in [1.807, 2.05) is 37.4 Å². The molecular formula is C23H25F2N7O. The fourth-order valence-corrected chi connectivity index (χ4v) is 4.83. The van der Waals surface area contributed by atoms with Crippen LogP contribution in [-0.4, -0.2) is 48.1 Å². The van der Waals surface area contributed by atoms with E-state index in [1.165, 1.54) is 6.92 Å². The van der Waals surface area contributed by atoms with Crippen LogP contribution in [0.2, 0.25) is 0 Å². The van der Waals surface area contributed by atoms with Crippen molar-refractivity contribution in [1.82, 2.24) is 29.5 Å². The number of aryl methyl sites for hydroxylation is 1. The highest BCUT2D eigenvalue weighted by Gasteiger charge is 2.41. The molecule has 2 N–H and O–H groups in total. The molecule has 1 aromatic carbocycles. The molecule has 1 aliphatic rings. The molecule has 0 atom stereocenters. The Morgan fingerprint density at radius 3 is 2.79 bits per heavy atom. The monoisotopic (exact) mass is 453 g/mol. The predicted molar refractivity (Wildman–Crippen MR) is 121 cm³/mol. The SMILES string of the molecule is CC(=O)NC1(C)CC(Nc2ncc3c(-c4ccc5nc(C)n(CC(F)F)c5c4)ccn3n2)C1. The van der Waals surface area contributed by atoms with E-state index in [2.05, 4.69) is 25.7 Å². The van der Waals surface area contributed by atoms with Gasteiger partial charge >= 0.3 is 0 Å². The molecule has 0 radical (unpaired) electrons. The van der Waals surface area contributed by atoms with Crippen LogP contribution in [0.5, 0.6) is 0 Å². The summed E-state index contributed by atoms with van der Waals surface area (Å²) in [7, 11) is 0. The third-order valence-electron chi connectivity index (χ3n) is 6.19. The van der Waals surface area contributed by atoms with Gasteiger partial charge in [0.05, 0.1) is 29.3 Å². The zero-order valence-electron chi connectivity index (χ0n) is 18.6. The van der Waals surface area contributed by atoms with E-state index in [0.29, 0.717) is 22.8 Å². The van der Waals surface area contributed by atoms with Gasteiger partial charge in [-0.3, -0.25) is 4.79 Å². The molecule has 33 heavy (non-hydrogen) atoms. The summed E-state index contributed by atoms with van der Waals surface area (Å²) in [6.45, 7) is 4.90. The van der Waals surface area contributed by atoms with E-state index in [-0.39, 0.29) is 24.0 Å². The molecule has 0 saturated heterocycles. The first-order chi connectivity index (χ1) is 15.7. The average Bonchev–Trinajstić information content (AvgIpc) is 3.26. The summed E-state index contributed by atoms with van der Waals surface area (Å²) in [4.78, 5) is 20.2. The second-order valence-electron chi connectivity index (χ2n) is 9.00. The highest BCUT2D eigenvalue weighted by atomic mass is 19.3. The van der Waals surface area contributed by atoms with E-state index in [9.17, 15) is 13.6 Å². The second-order valence-corrected chi connectivity index (χ2v) is 9.00. The van der Waals surface area contributed by atoms with E-state index in [4.69, 9.17) is 0 Å². The zero-order valence-corrected chi connectivity index (χ0v) is 18.6. The van der Waals surface area contributed by atoms with Crippen molar-refractivity contribution < 1.29 is 13.6 Å². The minimum absolute atomic E-state index is 0.0286. The third kappa shape index (κ3) is 4.01. The Morgan fingerprint density at radius 2 is 2.06 bits per heavy atom. The minimum Gasteiger partial charge on any atom is -0.351 e. The molecule has 5 rings (SSSR count). The fourth-order valence-electron chi connectivity index (χ4n) is 4.83. The van der Waals surface area contributed by atoms with Crippen molar-refractivity contribution >= 4 is 28.4 Å². The second kappa shape index (κ2) is 7.79. The number of nitrogens with one attached hydrogen (secondary N) is 2. The van der Waals surface area contributed by atoms with E-state index in [0.717, 1.165) is 29.5 Å². The number of imidazole rings is 1. The van der Waals surface area contributed by atoms with Gasteiger partial charge < -0.3 is 15.2 Å². The van der Waals surface area contributed by atoms with Crippen LogP contribution >= 0.6 is 0 Å². The molecule has 10 heteroatoms. The third-order valence-corrected chi connectivity index (χ3v) is 6.19. The van der Waals surface area contributed by atoms with E-state index in [1.54, 1.807) is 22.2 Å². The van der Waals surface area contributed by atoms with Gasteiger partial charge in [0, 0.05) is 30.3 Å². The number of hydrogen-bond donors (Lipinski definition) is 2. The van der Waals surface area contributed by atoms with Gasteiger partial charge in [-0.25, -0.2) is 23.3 Å². The molecule has 1 fully saturated rings. The van der Waals surface area contributed by atoms with Gasteiger partial charge in [-0.15, -0.1) is 5.10 Å². The summed E-state index contributed by atoms with van der Waals surface area (Å²) in [5.41, 5.74) is 3.78. The first-order valence-corrected chi connectivity index (χ1v) is 10.9. The van der Waals surface area contributed by atoms with Crippen molar-refractivity contribution in [3.05, 3.63) is 42.5 Å². The lowest BCUT2D eigenvalue weighted by atomic mass is 9.74. The number of aromatic nitrogens is 5. The maximum Gasteiger partial charge on any atom is 0.256 e. The van der Waals surface area contributed by atoms with Crippen LogP contribution in [0, 0.1) is 6.92 Å². The molecule has 0 aliphatic heterocycles. The lowest BCUT2D eigenvalue weighted by Crippen LogP contribution is -2.59. The number of alkyl halides is 2. The number of nitrogens with zero attached hydrogens (tertiary/aromatic N) is 5. The standard InChI is InChI=1S/C23H25F2N7O/c1-13-27-18-5-4-15(8-19(18)31(13)12-21(24)25)17-6-7-32-20(17)11-26-22(30-32)28-16-9-23(3,10-16)29-14(2)33/h4-8,11,16,21H,9-10,12H2,1-3H3,(H,28,30)(H,29,33). The fraction of sp³-hybridized carbons (Fsp3) is 0.391. The van der Waals surface area contributed by atoms with Crippen molar-refractivity contribution in [3.8, 4) is 11.1 Å². The summed E-state index contributed by atoms with van der Waals surface area (Å²) in [6.07, 6.45) is 2.76. The highest BCUT2D eigenvalue weighted by Crippen LogP contribution is 2.34. The van der Waals surface area contributed by atoms with Gasteiger partial charge in [0.15, 0.2) is 0 Å². The van der Waals surface area contributed by atoms with Crippen LogP contribution in [0.1, 0.15) is 32.5 Å². The number of anilines is 1. The predicted octanol–water partition coefficient (Wildman–Crippen LogP) is 3.79. The number of rotatable bonds is 6. The normalized spacial score (nSPS) is 20.4. The molecule has 0 unspecified atom stereocenters. The van der Waals surface area contributed by atoms with Crippen molar-refractivity contribution in [2.45, 2.75) is 58.2 Å². The number of amides is 1. The van der Waals surface area contributed by atoms with E-state index < -0.39 is 6.43 Å². The van der Waals surface area contributed by atoms with Crippen LogP contribution in [0.3, 0.4) is 0 Å². The first-order valence-electron chi connectivity index (χ1n) is 10.9. The van der Waals surface area contributed by atoms with Gasteiger partial charge in [-0.05, 0) is 50.5 Å². The van der Waals surface area contributed by atoms with Crippen LogP contribution in [0.25, 0.3) is 27.7 Å². The minimum atomic E-state index is -2.45. The maximum atomic E-state index is 13.1. The van der Waals surface area contributed by atoms with Gasteiger partial charge in [-0.2, -0.15) is 0 Å². The molecule has 4 aromatic rings. The van der Waals surface area contributed by atoms with Crippen molar-refractivity contribution in [2.75, 3.05) is 5.32 Å². The number of carbonyl (C=O) groups excluding carboxylic acids is 1. The van der Waals surface area contributed by atoms with E-state index >= 15 is 0 Å². The summed E-state index contributed by atoms with van der Waals surface area (Å²) in [5, 5.41) is 10.9. The van der Waals surface area contributed by atoms with Crippen LogP contribution in [0.4, 0.5) is 14.7 Å². The number of benzene rings is 1. The van der Waals surface area contributed by atoms with Crippen LogP contribution in [-0.2, 0) is 11.3 Å². The van der Waals surface area contributed by atoms with Gasteiger partial charge in [0.25, 0.3) is 6.43 Å². The number of carbonyl (C=O) groups is 1. The molecule has 1 amide bonds. The Bertz CT molecular complexity index is 1350. The van der Waals surface area contributed by atoms with Gasteiger partial charge in [-0.1, -0.05) is 6.07 Å². The van der Waals surface area contributed by atoms with Crippen molar-refractivity contribution in [2.24, 2.45) is 0 Å². The number of fused-ring (bicyclic) bond motifs is 2. The number of halogens is 2. The highest BCUT2D eigenvalue weighted by molar-refractivity contribution is 5.87. The summed E-state index contributed by atoms with van der Waals surface area (Å²) in [5.74, 6) is 1.05. The largest absolute Gasteiger partial charge is 0.351 e. The molecular weight excluding hydrogens is 428 g/mol. The molecule has 172 valence electrons. The van der Waals surface area contributed by atoms with Crippen LogP contribution in [0.15, 0.2) is 36.7 Å². The Morgan fingerprint density at radius 1 is 1.27 bits per heavy atom. The molecule has 3 heterocycles. The molecule has 0 spiro atoms. The summed E-state index contributed by atoms with van der Waals surface area (Å²) in [6, 6.07) is 7.79. The topological polar surface area (TPSA) is 89.1 Å².